The van der Waals surface area contributed by atoms with E-state index in [0.29, 0.717) is 10.6 Å². The van der Waals surface area contributed by atoms with Crippen LogP contribution in [-0.2, 0) is 0 Å². The summed E-state index contributed by atoms with van der Waals surface area (Å²) in [4.78, 5) is 0. The number of aromatic hydroxyl groups is 1. The number of nitrogens with one attached hydrogen (secondary N) is 1. The van der Waals surface area contributed by atoms with Crippen LogP contribution < -0.4 is 5.32 Å². The van der Waals surface area contributed by atoms with Crippen LogP contribution in [0.1, 0.15) is 29.9 Å². The molecule has 0 aliphatic carbocycles. The van der Waals surface area contributed by atoms with E-state index in [-0.39, 0.29) is 11.7 Å². The number of phenols is 1. The van der Waals surface area contributed by atoms with Crippen molar-refractivity contribution in [3.63, 3.8) is 0 Å². The number of halogens is 1. The quantitative estimate of drug-likeness (QED) is 0.787. The maximum Gasteiger partial charge on any atom is 0.120 e. The average molecular weight is 237 g/mol. The van der Waals surface area contributed by atoms with Crippen molar-refractivity contribution >= 4 is 11.6 Å². The summed E-state index contributed by atoms with van der Waals surface area (Å²) in [6, 6.07) is 5.16. The lowest BCUT2D eigenvalue weighted by molar-refractivity contribution is 0.424. The second-order valence-corrected chi connectivity index (χ2v) is 4.37. The third-order valence-corrected chi connectivity index (χ3v) is 3.43. The maximum atomic E-state index is 9.85. The van der Waals surface area contributed by atoms with Crippen molar-refractivity contribution < 1.29 is 5.11 Å². The van der Waals surface area contributed by atoms with Gasteiger partial charge in [0.2, 0.25) is 0 Å². The second-order valence-electron chi connectivity index (χ2n) is 4.00. The highest BCUT2D eigenvalue weighted by atomic mass is 35.5. The molecule has 1 fully saturated rings. The van der Waals surface area contributed by atoms with E-state index in [0.717, 1.165) is 31.5 Å². The number of rotatable bonds is 1. The molecule has 4 heteroatoms. The summed E-state index contributed by atoms with van der Waals surface area (Å²) in [5.74, 6) is 0.456. The summed E-state index contributed by atoms with van der Waals surface area (Å²) in [6.45, 7) is 1.86. The van der Waals surface area contributed by atoms with Crippen molar-refractivity contribution in [3.8, 4) is 11.8 Å². The van der Waals surface area contributed by atoms with Gasteiger partial charge in [-0.1, -0.05) is 11.6 Å². The second kappa shape index (κ2) is 4.73. The molecular formula is C12H13ClN2O. The molecule has 0 saturated carbocycles. The van der Waals surface area contributed by atoms with Gasteiger partial charge in [0, 0.05) is 5.56 Å². The first kappa shape index (κ1) is 11.3. The van der Waals surface area contributed by atoms with E-state index in [1.807, 2.05) is 6.07 Å². The van der Waals surface area contributed by atoms with Gasteiger partial charge in [0.25, 0.3) is 0 Å². The van der Waals surface area contributed by atoms with E-state index in [1.165, 1.54) is 0 Å². The zero-order chi connectivity index (χ0) is 11.5. The third kappa shape index (κ3) is 1.99. The summed E-state index contributed by atoms with van der Waals surface area (Å²) in [6.07, 6.45) is 1.89. The molecule has 2 rings (SSSR count). The van der Waals surface area contributed by atoms with Gasteiger partial charge < -0.3 is 10.4 Å². The first-order chi connectivity index (χ1) is 7.74. The van der Waals surface area contributed by atoms with E-state index in [1.54, 1.807) is 12.1 Å². The third-order valence-electron chi connectivity index (χ3n) is 3.02. The smallest absolute Gasteiger partial charge is 0.120 e. The number of phenolic OH excluding ortho intramolecular Hbond substituents is 1. The summed E-state index contributed by atoms with van der Waals surface area (Å²) in [7, 11) is 0. The van der Waals surface area contributed by atoms with Gasteiger partial charge in [-0.05, 0) is 44.0 Å². The van der Waals surface area contributed by atoms with Gasteiger partial charge in [0.05, 0.1) is 10.6 Å². The fourth-order valence-corrected chi connectivity index (χ4v) is 2.52. The number of hydrogen-bond donors (Lipinski definition) is 2. The number of hydrogen-bond acceptors (Lipinski definition) is 3. The molecule has 0 unspecified atom stereocenters. The van der Waals surface area contributed by atoms with E-state index < -0.39 is 0 Å². The summed E-state index contributed by atoms with van der Waals surface area (Å²) in [5.41, 5.74) is 1.18. The predicted octanol–water partition coefficient (Wildman–Crippen LogP) is 2.38. The van der Waals surface area contributed by atoms with E-state index >= 15 is 0 Å². The molecule has 1 aliphatic rings. The Bertz CT molecular complexity index is 433. The minimum absolute atomic E-state index is 0.205. The van der Waals surface area contributed by atoms with Crippen LogP contribution in [0.3, 0.4) is 0 Å². The van der Waals surface area contributed by atoms with Gasteiger partial charge in [0.15, 0.2) is 0 Å². The Balaban J connectivity index is 2.42. The molecule has 16 heavy (non-hydrogen) atoms. The van der Waals surface area contributed by atoms with Crippen molar-refractivity contribution in [2.75, 3.05) is 13.1 Å². The topological polar surface area (TPSA) is 56.0 Å². The first-order valence-electron chi connectivity index (χ1n) is 5.36. The Morgan fingerprint density at radius 3 is 2.69 bits per heavy atom. The largest absolute Gasteiger partial charge is 0.508 e. The molecule has 84 valence electrons. The van der Waals surface area contributed by atoms with Crippen LogP contribution in [-0.4, -0.2) is 18.2 Å². The molecule has 1 heterocycles. The summed E-state index contributed by atoms with van der Waals surface area (Å²) in [5, 5.41) is 22.4. The Kier molecular flexibility index (Phi) is 3.33. The SMILES string of the molecule is N#Cc1ccc(O)c(C2CCNCC2)c1Cl. The lowest BCUT2D eigenvalue weighted by atomic mass is 9.88. The van der Waals surface area contributed by atoms with E-state index in [9.17, 15) is 5.11 Å². The molecule has 0 atom stereocenters. The van der Waals surface area contributed by atoms with Gasteiger partial charge in [-0.3, -0.25) is 0 Å². The highest BCUT2D eigenvalue weighted by Gasteiger charge is 2.22. The Labute approximate surface area is 99.7 Å². The molecule has 1 saturated heterocycles. The highest BCUT2D eigenvalue weighted by molar-refractivity contribution is 6.32. The van der Waals surface area contributed by atoms with Crippen LogP contribution in [0.4, 0.5) is 0 Å². The van der Waals surface area contributed by atoms with Crippen LogP contribution in [0.15, 0.2) is 12.1 Å². The van der Waals surface area contributed by atoms with Crippen molar-refractivity contribution in [3.05, 3.63) is 28.3 Å². The van der Waals surface area contributed by atoms with Crippen LogP contribution in [0.5, 0.6) is 5.75 Å². The average Bonchev–Trinajstić information content (AvgIpc) is 2.31. The maximum absolute atomic E-state index is 9.85. The van der Waals surface area contributed by atoms with Crippen molar-refractivity contribution in [2.24, 2.45) is 0 Å². The molecule has 3 nitrogen and oxygen atoms in total. The number of piperidine rings is 1. The van der Waals surface area contributed by atoms with Gasteiger partial charge in [0.1, 0.15) is 11.8 Å². The molecule has 1 aromatic carbocycles. The molecule has 2 N–H and O–H groups in total. The molecule has 1 aromatic rings. The molecule has 0 aromatic heterocycles. The molecule has 0 bridgehead atoms. The Hall–Kier alpha value is -1.24. The molecular weight excluding hydrogens is 224 g/mol. The minimum Gasteiger partial charge on any atom is -0.508 e. The normalized spacial score (nSPS) is 17.0. The first-order valence-corrected chi connectivity index (χ1v) is 5.74. The lowest BCUT2D eigenvalue weighted by Crippen LogP contribution is -2.26. The van der Waals surface area contributed by atoms with Crippen molar-refractivity contribution in [1.82, 2.24) is 5.32 Å². The summed E-state index contributed by atoms with van der Waals surface area (Å²) >= 11 is 6.14. The number of nitriles is 1. The monoisotopic (exact) mass is 236 g/mol. The van der Waals surface area contributed by atoms with Crippen molar-refractivity contribution in [1.29, 1.82) is 5.26 Å². The molecule has 0 radical (unpaired) electrons. The Morgan fingerprint density at radius 1 is 1.38 bits per heavy atom. The number of benzene rings is 1. The van der Waals surface area contributed by atoms with Crippen LogP contribution in [0.2, 0.25) is 5.02 Å². The lowest BCUT2D eigenvalue weighted by Gasteiger charge is -2.24. The van der Waals surface area contributed by atoms with E-state index in [4.69, 9.17) is 16.9 Å². The highest BCUT2D eigenvalue weighted by Crippen LogP contribution is 2.38. The van der Waals surface area contributed by atoms with Crippen LogP contribution in [0, 0.1) is 11.3 Å². The fourth-order valence-electron chi connectivity index (χ4n) is 2.17. The zero-order valence-corrected chi connectivity index (χ0v) is 9.59. The standard InChI is InChI=1S/C12H13ClN2O/c13-12-9(7-14)1-2-10(16)11(12)8-3-5-15-6-4-8/h1-2,8,15-16H,3-6H2. The van der Waals surface area contributed by atoms with E-state index in [2.05, 4.69) is 5.32 Å². The molecule has 0 spiro atoms. The predicted molar refractivity (Wildman–Crippen MR) is 62.7 cm³/mol. The summed E-state index contributed by atoms with van der Waals surface area (Å²) < 4.78 is 0. The van der Waals surface area contributed by atoms with Gasteiger partial charge in [-0.2, -0.15) is 5.26 Å². The van der Waals surface area contributed by atoms with Gasteiger partial charge in [-0.25, -0.2) is 0 Å². The van der Waals surface area contributed by atoms with Crippen molar-refractivity contribution in [2.45, 2.75) is 18.8 Å². The molecule has 1 aliphatic heterocycles. The minimum atomic E-state index is 0.205. The zero-order valence-electron chi connectivity index (χ0n) is 8.83. The Morgan fingerprint density at radius 2 is 2.06 bits per heavy atom. The van der Waals surface area contributed by atoms with Gasteiger partial charge in [-0.15, -0.1) is 0 Å². The molecule has 0 amide bonds. The fraction of sp³-hybridized carbons (Fsp3) is 0.417. The van der Waals surface area contributed by atoms with Crippen LogP contribution >= 0.6 is 11.6 Å². The number of nitrogens with zero attached hydrogens (tertiary/aromatic N) is 1. The van der Waals surface area contributed by atoms with Gasteiger partial charge >= 0.3 is 0 Å². The van der Waals surface area contributed by atoms with Crippen LogP contribution in [0.25, 0.3) is 0 Å².